The molecule has 3 fully saturated rings. The van der Waals surface area contributed by atoms with E-state index in [2.05, 4.69) is 104 Å². The van der Waals surface area contributed by atoms with Crippen molar-refractivity contribution in [1.82, 2.24) is 76.8 Å². The second kappa shape index (κ2) is 34.2. The summed E-state index contributed by atoms with van der Waals surface area (Å²) in [4.78, 5) is 95.4. The number of thiazole rings is 3. The molecule has 10 aromatic rings. The van der Waals surface area contributed by atoms with Crippen LogP contribution < -0.4 is 52.6 Å². The van der Waals surface area contributed by atoms with Gasteiger partial charge in [0.15, 0.2) is 38.6 Å². The van der Waals surface area contributed by atoms with Gasteiger partial charge in [-0.2, -0.15) is 13.2 Å². The average Bonchev–Trinajstić information content (AvgIpc) is 1.79. The number of carbonyl (C=O) groups excluding carboxylic acids is 4. The molecule has 0 radical (unpaired) electrons. The van der Waals surface area contributed by atoms with Gasteiger partial charge in [0.25, 0.3) is 17.7 Å². The van der Waals surface area contributed by atoms with E-state index in [0.717, 1.165) is 131 Å². The Kier molecular flexibility index (Phi) is 24.2. The van der Waals surface area contributed by atoms with E-state index in [1.54, 1.807) is 24.3 Å². The quantitative estimate of drug-likeness (QED) is 0.0269. The van der Waals surface area contributed by atoms with E-state index in [4.69, 9.17) is 4.74 Å². The van der Waals surface area contributed by atoms with Crippen LogP contribution in [0.25, 0.3) is 31.0 Å². The molecule has 4 aromatic carbocycles. The normalized spacial score (nSPS) is 14.9. The summed E-state index contributed by atoms with van der Waals surface area (Å²) < 4.78 is 83.6. The summed E-state index contributed by atoms with van der Waals surface area (Å²) in [6.45, 7) is 6.32. The summed E-state index contributed by atoms with van der Waals surface area (Å²) in [6.07, 6.45) is 6.54. The molecule has 4 aliphatic heterocycles. The molecule has 0 bridgehead atoms. The van der Waals surface area contributed by atoms with Crippen LogP contribution in [0.5, 0.6) is 5.75 Å². The smallest absolute Gasteiger partial charge is 0.416 e. The first-order chi connectivity index (χ1) is 49.6. The molecule has 4 aliphatic rings. The van der Waals surface area contributed by atoms with Crippen LogP contribution in [0.4, 0.5) is 60.9 Å². The molecule has 0 atom stereocenters. The third-order valence-electron chi connectivity index (χ3n) is 17.2. The Labute approximate surface area is 592 Å². The van der Waals surface area contributed by atoms with Crippen molar-refractivity contribution in [3.05, 3.63) is 153 Å². The second-order valence-electron chi connectivity index (χ2n) is 24.6. The van der Waals surface area contributed by atoms with Gasteiger partial charge in [0, 0.05) is 56.1 Å². The van der Waals surface area contributed by atoms with Crippen molar-refractivity contribution in [2.45, 2.75) is 70.2 Å². The number of fused-ring (bicyclic) bond motifs is 4. The standard InChI is InChI=1S/C28H27F3N6O2S.C21H23F3N6O2S.C20H21N7OS/c29-28(30,31)20-3-1-2-19(12-20)14-22(38)13-17-4-6-21(7-5-17)36-24-23-26(35-16-34-24)40-27(37-23)25(39)33-15-18-8-10-32-11-9-18;22-8-14(9-23)32-16-7-13(24)1-2-15(16)29-18-17-20(28-11-27-18)33-21(30-17)19(31)26-10-12-3-5-25-6-4-12;28-18(23-8-12-3-5-21-6-4-12)20-27-16-17(24-11-25-19(16)29-20)26-15-2-1-13-9-22-10-14(13)7-15/h1-7,12,16,18,32H,8-11,13-15H2,(H,33,39)(H,34,35,36);1-2,7,11-12,14,25H,3-6,8-10H2,(H,26,31)(H,27,28,29);1-2,7,10-12,21H,3-6,8-9H2,(H,23,28)(H,24,25,26). The minimum atomic E-state index is -4.45. The first kappa shape index (κ1) is 72.0. The van der Waals surface area contributed by atoms with Gasteiger partial charge >= 0.3 is 6.18 Å². The molecule has 3 amide bonds. The fraction of sp³-hybridized carbons (Fsp3) is 0.362. The number of aromatic nitrogens is 9. The number of piperidine rings is 3. The predicted molar refractivity (Wildman–Crippen MR) is 380 cm³/mol. The fourth-order valence-corrected chi connectivity index (χ4v) is 14.1. The van der Waals surface area contributed by atoms with E-state index in [0.29, 0.717) is 101 Å². The molecular formula is C69H71F6N19O5S3. The van der Waals surface area contributed by atoms with E-state index >= 15 is 0 Å². The van der Waals surface area contributed by atoms with Gasteiger partial charge in [-0.15, -0.1) is 0 Å². The van der Waals surface area contributed by atoms with E-state index in [1.807, 2.05) is 18.3 Å². The van der Waals surface area contributed by atoms with Crippen LogP contribution >= 0.6 is 34.0 Å². The van der Waals surface area contributed by atoms with Crippen LogP contribution in [0.15, 0.2) is 109 Å². The summed E-state index contributed by atoms with van der Waals surface area (Å²) in [6, 6.07) is 21.6. The lowest BCUT2D eigenvalue weighted by Crippen LogP contribution is -2.35. The number of carbonyl (C=O) groups is 4. The van der Waals surface area contributed by atoms with Gasteiger partial charge in [-0.05, 0) is 160 Å². The zero-order valence-electron chi connectivity index (χ0n) is 54.8. The Hall–Kier alpha value is -9.80. The monoisotopic (exact) mass is 1460 g/mol. The molecule has 10 heterocycles. The fourth-order valence-electron chi connectivity index (χ4n) is 11.7. The number of Topliss-reactive ketones (excluding diaryl/α,β-unsaturated/α-hetero) is 1. The highest BCUT2D eigenvalue weighted by atomic mass is 32.1. The summed E-state index contributed by atoms with van der Waals surface area (Å²) in [5.41, 5.74) is 5.90. The number of halogens is 6. The number of anilines is 6. The SMILES string of the molecule is O=C(Cc1ccc(Nc2ncnc3sc(C(=O)NCC4CCNCC4)nc23)cc1)Cc1cccc(C(F)(F)F)c1.O=C(NCC1CCNCC1)c1nc2c(Nc3ccc(F)cc3OC(CF)CF)ncnc2s1.O=C(NCC1CCNCC1)c1nc2c(Nc3ccc4c(c3)C=NC4)ncnc2s1. The summed E-state index contributed by atoms with van der Waals surface area (Å²) >= 11 is 3.62. The van der Waals surface area contributed by atoms with Crippen LogP contribution in [0, 0.1) is 23.6 Å². The number of benzene rings is 4. The number of amides is 3. The number of hydrogen-bond acceptors (Lipinski definition) is 24. The van der Waals surface area contributed by atoms with Crippen LogP contribution in [0.2, 0.25) is 0 Å². The number of hydrogen-bond donors (Lipinski definition) is 9. The van der Waals surface area contributed by atoms with E-state index in [9.17, 15) is 45.5 Å². The highest BCUT2D eigenvalue weighted by molar-refractivity contribution is 7.20. The summed E-state index contributed by atoms with van der Waals surface area (Å²) in [5.74, 6) is 1.15. The lowest BCUT2D eigenvalue weighted by atomic mass is 9.98. The molecule has 14 rings (SSSR count). The second-order valence-corrected chi connectivity index (χ2v) is 27.6. The molecule has 102 heavy (non-hydrogen) atoms. The number of ketones is 1. The van der Waals surface area contributed by atoms with Crippen LogP contribution in [0.1, 0.15) is 95.7 Å². The van der Waals surface area contributed by atoms with E-state index in [-0.39, 0.29) is 58.6 Å². The Morgan fingerprint density at radius 2 is 1.01 bits per heavy atom. The van der Waals surface area contributed by atoms with Gasteiger partial charge in [-0.25, -0.2) is 58.0 Å². The molecule has 0 saturated carbocycles. The van der Waals surface area contributed by atoms with E-state index in [1.165, 1.54) is 71.5 Å². The number of nitrogens with one attached hydrogen (secondary N) is 9. The van der Waals surface area contributed by atoms with Crippen molar-refractivity contribution in [1.29, 1.82) is 0 Å². The molecule has 24 nitrogen and oxygen atoms in total. The Morgan fingerprint density at radius 3 is 1.50 bits per heavy atom. The average molecular weight is 1460 g/mol. The van der Waals surface area contributed by atoms with Gasteiger partial charge in [-0.1, -0.05) is 70.4 Å². The van der Waals surface area contributed by atoms with Crippen molar-refractivity contribution in [2.24, 2.45) is 22.7 Å². The third kappa shape index (κ3) is 19.2. The Balaban J connectivity index is 0.000000146. The molecule has 33 heteroatoms. The maximum Gasteiger partial charge on any atom is 0.416 e. The molecule has 0 unspecified atom stereocenters. The van der Waals surface area contributed by atoms with Gasteiger partial charge < -0.3 is 52.6 Å². The van der Waals surface area contributed by atoms with Crippen LogP contribution in [-0.2, 0) is 30.4 Å². The molecule has 9 N–H and O–H groups in total. The zero-order valence-corrected chi connectivity index (χ0v) is 57.3. The molecule has 0 aliphatic carbocycles. The maximum atomic E-state index is 13.7. The number of nitrogens with zero attached hydrogens (tertiary/aromatic N) is 10. The van der Waals surface area contributed by atoms with Crippen LogP contribution in [-0.4, -0.2) is 153 Å². The largest absolute Gasteiger partial charge is 0.483 e. The lowest BCUT2D eigenvalue weighted by molar-refractivity contribution is -0.137. The van der Waals surface area contributed by atoms with E-state index < -0.39 is 37.0 Å². The van der Waals surface area contributed by atoms with Crippen LogP contribution in [0.3, 0.4) is 0 Å². The molecule has 6 aromatic heterocycles. The number of aliphatic imine (C=N–C) groups is 1. The predicted octanol–water partition coefficient (Wildman–Crippen LogP) is 10.8. The maximum absolute atomic E-state index is 13.7. The third-order valence-corrected chi connectivity index (χ3v) is 20.1. The molecule has 0 spiro atoms. The van der Waals surface area contributed by atoms with Gasteiger partial charge in [0.2, 0.25) is 0 Å². The van der Waals surface area contributed by atoms with Crippen molar-refractivity contribution in [3.8, 4) is 5.75 Å². The summed E-state index contributed by atoms with van der Waals surface area (Å²) in [5, 5.41) is 29.3. The topological polar surface area (TPSA) is 314 Å². The first-order valence-corrected chi connectivity index (χ1v) is 35.6. The molecular weight excluding hydrogens is 1390 g/mol. The molecule has 532 valence electrons. The summed E-state index contributed by atoms with van der Waals surface area (Å²) in [7, 11) is 0. The van der Waals surface area contributed by atoms with Gasteiger partial charge in [0.1, 0.15) is 80.7 Å². The Bertz CT molecular complexity index is 4600. The van der Waals surface area contributed by atoms with Gasteiger partial charge in [-0.3, -0.25) is 24.2 Å². The number of alkyl halides is 5. The van der Waals surface area contributed by atoms with Crippen molar-refractivity contribution >= 4 is 129 Å². The van der Waals surface area contributed by atoms with Crippen molar-refractivity contribution in [3.63, 3.8) is 0 Å². The first-order valence-electron chi connectivity index (χ1n) is 33.2. The van der Waals surface area contributed by atoms with Crippen molar-refractivity contribution < 1.29 is 50.3 Å². The molecule has 3 saturated heterocycles. The number of rotatable bonds is 23. The highest BCUT2D eigenvalue weighted by Gasteiger charge is 2.31. The Morgan fingerprint density at radius 1 is 0.539 bits per heavy atom. The minimum absolute atomic E-state index is 0.0720. The highest BCUT2D eigenvalue weighted by Crippen LogP contribution is 2.35. The zero-order chi connectivity index (χ0) is 71.0. The minimum Gasteiger partial charge on any atom is -0.483 e. The van der Waals surface area contributed by atoms with Gasteiger partial charge in [0.05, 0.1) is 17.8 Å². The van der Waals surface area contributed by atoms with Crippen molar-refractivity contribution in [2.75, 3.05) is 88.2 Å². The number of ether oxygens (including phenoxy) is 1. The lowest BCUT2D eigenvalue weighted by Gasteiger charge is -2.22.